The lowest BCUT2D eigenvalue weighted by Crippen LogP contribution is -2.32. The van der Waals surface area contributed by atoms with Crippen molar-refractivity contribution in [2.45, 2.75) is 38.6 Å². The second-order valence-corrected chi connectivity index (χ2v) is 5.54. The van der Waals surface area contributed by atoms with Crippen LogP contribution < -0.4 is 15.1 Å². The smallest absolute Gasteiger partial charge is 0.232 e. The Morgan fingerprint density at radius 1 is 1.33 bits per heavy atom. The number of aliphatic hydroxyl groups is 1. The van der Waals surface area contributed by atoms with Crippen molar-refractivity contribution in [3.05, 3.63) is 0 Å². The average Bonchev–Trinajstić information content (AvgIpc) is 2.93. The van der Waals surface area contributed by atoms with E-state index in [4.69, 9.17) is 5.11 Å². The summed E-state index contributed by atoms with van der Waals surface area (Å²) in [4.78, 5) is 17.7. The highest BCUT2D eigenvalue weighted by atomic mass is 16.2. The van der Waals surface area contributed by atoms with Gasteiger partial charge in [-0.2, -0.15) is 15.0 Å². The highest BCUT2D eigenvalue weighted by Crippen LogP contribution is 2.27. The minimum Gasteiger partial charge on any atom is -0.396 e. The van der Waals surface area contributed by atoms with Gasteiger partial charge < -0.3 is 20.2 Å². The molecule has 2 heterocycles. The number of aromatic nitrogens is 3. The lowest BCUT2D eigenvalue weighted by Gasteiger charge is -2.25. The predicted octanol–water partition coefficient (Wildman–Crippen LogP) is 1.11. The number of aliphatic hydroxyl groups excluding tert-OH is 1. The maximum absolute atomic E-state index is 9.04. The summed E-state index contributed by atoms with van der Waals surface area (Å²) in [6.07, 6.45) is 4.10. The molecule has 0 spiro atoms. The lowest BCUT2D eigenvalue weighted by atomic mass is 10.1. The molecular weight excluding hydrogens is 268 g/mol. The van der Waals surface area contributed by atoms with Gasteiger partial charge in [0.15, 0.2) is 0 Å². The van der Waals surface area contributed by atoms with E-state index in [1.807, 2.05) is 25.9 Å². The van der Waals surface area contributed by atoms with Crippen LogP contribution in [0.15, 0.2) is 0 Å². The van der Waals surface area contributed by atoms with Crippen molar-refractivity contribution >= 4 is 17.8 Å². The van der Waals surface area contributed by atoms with Crippen molar-refractivity contribution in [3.8, 4) is 0 Å². The van der Waals surface area contributed by atoms with E-state index >= 15 is 0 Å². The van der Waals surface area contributed by atoms with Crippen molar-refractivity contribution in [1.82, 2.24) is 15.0 Å². The number of anilines is 3. The van der Waals surface area contributed by atoms with Crippen molar-refractivity contribution in [3.63, 3.8) is 0 Å². The van der Waals surface area contributed by atoms with Crippen molar-refractivity contribution in [2.75, 3.05) is 48.9 Å². The molecule has 2 N–H and O–H groups in total. The third kappa shape index (κ3) is 3.93. The zero-order valence-corrected chi connectivity index (χ0v) is 13.2. The maximum Gasteiger partial charge on any atom is 0.232 e. The molecule has 1 aromatic rings. The van der Waals surface area contributed by atoms with Crippen molar-refractivity contribution in [2.24, 2.45) is 0 Å². The summed E-state index contributed by atoms with van der Waals surface area (Å²) in [5.74, 6) is 2.04. The molecule has 0 saturated carbocycles. The first-order valence-corrected chi connectivity index (χ1v) is 7.70. The highest BCUT2D eigenvalue weighted by Gasteiger charge is 2.27. The van der Waals surface area contributed by atoms with E-state index < -0.39 is 0 Å². The maximum atomic E-state index is 9.04. The molecule has 1 aliphatic rings. The minimum atomic E-state index is 0.243. The Hall–Kier alpha value is -1.63. The second kappa shape index (κ2) is 7.40. The molecule has 0 radical (unpaired) electrons. The molecule has 7 nitrogen and oxygen atoms in total. The fourth-order valence-electron chi connectivity index (χ4n) is 2.65. The first-order chi connectivity index (χ1) is 10.2. The van der Waals surface area contributed by atoms with E-state index in [1.165, 1.54) is 0 Å². The van der Waals surface area contributed by atoms with E-state index in [9.17, 15) is 0 Å². The molecule has 21 heavy (non-hydrogen) atoms. The molecule has 1 atom stereocenters. The molecule has 7 heteroatoms. The zero-order chi connectivity index (χ0) is 15.2. The lowest BCUT2D eigenvalue weighted by molar-refractivity contribution is 0.279. The van der Waals surface area contributed by atoms with Crippen molar-refractivity contribution in [1.29, 1.82) is 0 Å². The molecule has 2 rings (SSSR count). The summed E-state index contributed by atoms with van der Waals surface area (Å²) in [7, 11) is 3.87. The number of nitrogens with zero attached hydrogens (tertiary/aromatic N) is 5. The molecule has 0 amide bonds. The molecule has 0 aromatic carbocycles. The van der Waals surface area contributed by atoms with Crippen LogP contribution in [0.25, 0.3) is 0 Å². The van der Waals surface area contributed by atoms with Crippen LogP contribution >= 0.6 is 0 Å². The Kier molecular flexibility index (Phi) is 5.55. The quantitative estimate of drug-likeness (QED) is 0.780. The van der Waals surface area contributed by atoms with E-state index in [0.717, 1.165) is 44.7 Å². The second-order valence-electron chi connectivity index (χ2n) is 5.54. The van der Waals surface area contributed by atoms with E-state index in [1.54, 1.807) is 0 Å². The molecule has 1 saturated heterocycles. The summed E-state index contributed by atoms with van der Waals surface area (Å²) < 4.78 is 0. The van der Waals surface area contributed by atoms with Gasteiger partial charge in [0, 0.05) is 39.8 Å². The normalized spacial score (nSPS) is 18.1. The van der Waals surface area contributed by atoms with Gasteiger partial charge in [0.05, 0.1) is 0 Å². The van der Waals surface area contributed by atoms with Gasteiger partial charge in [0.25, 0.3) is 0 Å². The number of rotatable bonds is 7. The molecular formula is C14H26N6O. The van der Waals surface area contributed by atoms with E-state index in [0.29, 0.717) is 17.9 Å². The summed E-state index contributed by atoms with van der Waals surface area (Å²) in [6, 6.07) is 0.420. The molecule has 1 aliphatic heterocycles. The Labute approximate surface area is 126 Å². The highest BCUT2D eigenvalue weighted by molar-refractivity contribution is 5.45. The zero-order valence-electron chi connectivity index (χ0n) is 13.2. The van der Waals surface area contributed by atoms with Crippen LogP contribution in [0.1, 0.15) is 32.6 Å². The van der Waals surface area contributed by atoms with Crippen LogP contribution in [0.4, 0.5) is 17.8 Å². The molecule has 0 bridgehead atoms. The molecule has 0 aliphatic carbocycles. The molecule has 1 unspecified atom stereocenters. The molecule has 1 fully saturated rings. The fraction of sp³-hybridized carbons (Fsp3) is 0.786. The monoisotopic (exact) mass is 294 g/mol. The van der Waals surface area contributed by atoms with E-state index in [-0.39, 0.29) is 6.61 Å². The minimum absolute atomic E-state index is 0.243. The first-order valence-electron chi connectivity index (χ1n) is 7.70. The predicted molar refractivity (Wildman–Crippen MR) is 85.0 cm³/mol. The average molecular weight is 294 g/mol. The van der Waals surface area contributed by atoms with Crippen LogP contribution in [0, 0.1) is 0 Å². The van der Waals surface area contributed by atoms with Crippen LogP contribution in [0.5, 0.6) is 0 Å². The summed E-state index contributed by atoms with van der Waals surface area (Å²) in [5, 5.41) is 12.2. The third-order valence-electron chi connectivity index (χ3n) is 3.68. The third-order valence-corrected chi connectivity index (χ3v) is 3.68. The van der Waals surface area contributed by atoms with Gasteiger partial charge in [-0.3, -0.25) is 0 Å². The Morgan fingerprint density at radius 2 is 2.14 bits per heavy atom. The van der Waals surface area contributed by atoms with Gasteiger partial charge in [0.2, 0.25) is 17.8 Å². The van der Waals surface area contributed by atoms with Crippen LogP contribution in [0.2, 0.25) is 0 Å². The Balaban J connectivity index is 2.24. The number of hydrogen-bond acceptors (Lipinski definition) is 7. The topological polar surface area (TPSA) is 77.4 Å². The van der Waals surface area contributed by atoms with Crippen LogP contribution in [0.3, 0.4) is 0 Å². The van der Waals surface area contributed by atoms with Crippen molar-refractivity contribution < 1.29 is 5.11 Å². The van der Waals surface area contributed by atoms with Gasteiger partial charge in [-0.25, -0.2) is 0 Å². The van der Waals surface area contributed by atoms with E-state index in [2.05, 4.69) is 25.2 Å². The summed E-state index contributed by atoms with van der Waals surface area (Å²) in [6.45, 7) is 4.02. The summed E-state index contributed by atoms with van der Waals surface area (Å²) in [5.41, 5.74) is 0. The van der Waals surface area contributed by atoms with Crippen LogP contribution in [-0.2, 0) is 0 Å². The first kappa shape index (κ1) is 15.8. The van der Waals surface area contributed by atoms with Gasteiger partial charge in [0.1, 0.15) is 0 Å². The summed E-state index contributed by atoms with van der Waals surface area (Å²) >= 11 is 0. The largest absolute Gasteiger partial charge is 0.396 e. The van der Waals surface area contributed by atoms with Gasteiger partial charge in [-0.05, 0) is 32.6 Å². The van der Waals surface area contributed by atoms with Gasteiger partial charge in [-0.15, -0.1) is 0 Å². The Bertz CT molecular complexity index is 453. The Morgan fingerprint density at radius 3 is 2.81 bits per heavy atom. The SMILES string of the molecule is CCNc1nc(N(C)C)nc(N2CCCC2CCCO)n1. The standard InChI is InChI=1S/C14H26N6O/c1-4-15-12-16-13(19(2)3)18-14(17-12)20-9-5-7-11(20)8-6-10-21/h11,21H,4-10H2,1-3H3,(H,15,16,17,18). The van der Waals surface area contributed by atoms with Gasteiger partial charge >= 0.3 is 0 Å². The molecule has 118 valence electrons. The number of hydrogen-bond donors (Lipinski definition) is 2. The van der Waals surface area contributed by atoms with Gasteiger partial charge in [-0.1, -0.05) is 0 Å². The van der Waals surface area contributed by atoms with Crippen LogP contribution in [-0.4, -0.2) is 59.9 Å². The fourth-order valence-corrected chi connectivity index (χ4v) is 2.65. The number of nitrogens with one attached hydrogen (secondary N) is 1. The molecule has 1 aromatic heterocycles.